The maximum absolute atomic E-state index is 13.4. The van der Waals surface area contributed by atoms with Gasteiger partial charge in [0.25, 0.3) is 0 Å². The summed E-state index contributed by atoms with van der Waals surface area (Å²) in [6, 6.07) is 17.0. The Bertz CT molecular complexity index is 1360. The van der Waals surface area contributed by atoms with E-state index in [2.05, 4.69) is 15.3 Å². The van der Waals surface area contributed by atoms with Gasteiger partial charge in [-0.2, -0.15) is 0 Å². The van der Waals surface area contributed by atoms with Gasteiger partial charge in [0.15, 0.2) is 17.4 Å². The lowest BCUT2D eigenvalue weighted by molar-refractivity contribution is -0.143. The van der Waals surface area contributed by atoms with Crippen molar-refractivity contribution in [1.82, 2.24) is 9.97 Å². The summed E-state index contributed by atoms with van der Waals surface area (Å²) in [5.74, 6) is -3.01. The fourth-order valence-electron chi connectivity index (χ4n) is 4.66. The molecule has 8 heteroatoms. The molecule has 4 aromatic rings. The third kappa shape index (κ3) is 4.77. The van der Waals surface area contributed by atoms with Crippen molar-refractivity contribution in [2.75, 3.05) is 5.32 Å². The van der Waals surface area contributed by atoms with E-state index in [1.54, 1.807) is 12.1 Å². The highest BCUT2D eigenvalue weighted by Crippen LogP contribution is 2.32. The monoisotopic (exact) mass is 475 g/mol. The molecule has 1 saturated carbocycles. The van der Waals surface area contributed by atoms with Crippen molar-refractivity contribution in [3.8, 4) is 11.1 Å². The molecule has 5 rings (SSSR count). The first-order valence-corrected chi connectivity index (χ1v) is 11.5. The van der Waals surface area contributed by atoms with E-state index in [0.717, 1.165) is 41.8 Å². The van der Waals surface area contributed by atoms with Crippen molar-refractivity contribution in [3.05, 3.63) is 77.9 Å². The van der Waals surface area contributed by atoms with Crippen LogP contribution in [0, 0.1) is 23.5 Å². The fourth-order valence-corrected chi connectivity index (χ4v) is 4.66. The molecule has 1 aromatic heterocycles. The van der Waals surface area contributed by atoms with Crippen LogP contribution in [0.15, 0.2) is 60.7 Å². The van der Waals surface area contributed by atoms with Gasteiger partial charge in [-0.05, 0) is 42.5 Å². The molecule has 0 bridgehead atoms. The van der Waals surface area contributed by atoms with E-state index in [9.17, 15) is 23.5 Å². The average molecular weight is 475 g/mol. The summed E-state index contributed by atoms with van der Waals surface area (Å²) in [5, 5.41) is 12.4. The van der Waals surface area contributed by atoms with Crippen molar-refractivity contribution in [2.45, 2.75) is 25.7 Å². The number of carbonyl (C=O) groups excluding carboxylic acids is 1. The van der Waals surface area contributed by atoms with E-state index in [1.807, 2.05) is 36.4 Å². The lowest BCUT2D eigenvalue weighted by Crippen LogP contribution is -2.27. The van der Waals surface area contributed by atoms with Gasteiger partial charge in [-0.15, -0.1) is 0 Å². The maximum Gasteiger partial charge on any atom is 0.306 e. The zero-order valence-corrected chi connectivity index (χ0v) is 18.7. The number of aliphatic carboxylic acids is 1. The summed E-state index contributed by atoms with van der Waals surface area (Å²) in [6.45, 7) is 0. The van der Waals surface area contributed by atoms with E-state index in [-0.39, 0.29) is 11.7 Å². The Morgan fingerprint density at radius 2 is 1.54 bits per heavy atom. The van der Waals surface area contributed by atoms with Gasteiger partial charge in [-0.25, -0.2) is 13.8 Å². The Morgan fingerprint density at radius 1 is 0.914 bits per heavy atom. The molecule has 6 nitrogen and oxygen atoms in total. The van der Waals surface area contributed by atoms with Gasteiger partial charge in [0.05, 0.1) is 17.0 Å². The van der Waals surface area contributed by atoms with E-state index in [4.69, 9.17) is 0 Å². The van der Waals surface area contributed by atoms with Crippen LogP contribution in [0.25, 0.3) is 22.2 Å². The summed E-state index contributed by atoms with van der Waals surface area (Å²) in [7, 11) is 0. The molecule has 35 heavy (non-hydrogen) atoms. The normalized spacial score (nSPS) is 17.9. The number of ketones is 1. The van der Waals surface area contributed by atoms with Gasteiger partial charge in [-0.3, -0.25) is 9.59 Å². The Kier molecular flexibility index (Phi) is 6.03. The molecule has 1 heterocycles. The van der Waals surface area contributed by atoms with Crippen molar-refractivity contribution < 1.29 is 23.5 Å². The first-order chi connectivity index (χ1) is 16.9. The van der Waals surface area contributed by atoms with Crippen LogP contribution in [-0.4, -0.2) is 26.8 Å². The molecule has 0 aliphatic heterocycles. The molecular weight excluding hydrogens is 452 g/mol. The van der Waals surface area contributed by atoms with Crippen LogP contribution in [0.4, 0.5) is 20.4 Å². The Hall–Kier alpha value is -4.07. The van der Waals surface area contributed by atoms with E-state index in [0.29, 0.717) is 35.4 Å². The highest BCUT2D eigenvalue weighted by Gasteiger charge is 2.31. The number of anilines is 2. The molecule has 3 N–H and O–H groups in total. The van der Waals surface area contributed by atoms with Gasteiger partial charge in [-0.1, -0.05) is 42.8 Å². The number of carbonyl (C=O) groups is 2. The highest BCUT2D eigenvalue weighted by atomic mass is 19.2. The number of carboxylic acids is 1. The molecule has 0 amide bonds. The number of nitrogens with zero attached hydrogens (tertiary/aromatic N) is 1. The quantitative estimate of drug-likeness (QED) is 0.284. The van der Waals surface area contributed by atoms with Crippen LogP contribution < -0.4 is 5.32 Å². The molecule has 2 atom stereocenters. The Labute approximate surface area is 200 Å². The number of hydrogen-bond donors (Lipinski definition) is 3. The van der Waals surface area contributed by atoms with Gasteiger partial charge in [0.1, 0.15) is 0 Å². The molecule has 1 aliphatic carbocycles. The zero-order chi connectivity index (χ0) is 24.5. The number of H-pyrrole nitrogens is 1. The number of nitrogens with one attached hydrogen (secondary N) is 2. The zero-order valence-electron chi connectivity index (χ0n) is 18.7. The number of carboxylic acid groups (broad SMARTS) is 1. The SMILES string of the molecule is O=C(O)C1CCCC(C(=O)c2ccc(-c3ccc(Nc4nc5cc(F)c(F)cc5[nH]4)cc3)cc2)C1. The van der Waals surface area contributed by atoms with Gasteiger partial charge >= 0.3 is 5.97 Å². The minimum absolute atomic E-state index is 0.00708. The van der Waals surface area contributed by atoms with Crippen LogP contribution in [0.1, 0.15) is 36.0 Å². The van der Waals surface area contributed by atoms with Crippen molar-refractivity contribution in [3.63, 3.8) is 0 Å². The highest BCUT2D eigenvalue weighted by molar-refractivity contribution is 5.98. The molecule has 0 radical (unpaired) electrons. The van der Waals surface area contributed by atoms with E-state index >= 15 is 0 Å². The van der Waals surface area contributed by atoms with Gasteiger partial charge < -0.3 is 15.4 Å². The summed E-state index contributed by atoms with van der Waals surface area (Å²) >= 11 is 0. The molecule has 2 unspecified atom stereocenters. The summed E-state index contributed by atoms with van der Waals surface area (Å²) in [5.41, 5.74) is 3.95. The Balaban J connectivity index is 1.26. The van der Waals surface area contributed by atoms with E-state index < -0.39 is 23.5 Å². The second kappa shape index (κ2) is 9.29. The largest absolute Gasteiger partial charge is 0.481 e. The van der Waals surface area contributed by atoms with Crippen LogP contribution in [-0.2, 0) is 4.79 Å². The van der Waals surface area contributed by atoms with Crippen LogP contribution >= 0.6 is 0 Å². The molecule has 0 saturated heterocycles. The molecule has 1 aliphatic rings. The molecule has 0 spiro atoms. The number of hydrogen-bond acceptors (Lipinski definition) is 4. The number of aromatic amines is 1. The predicted molar refractivity (Wildman–Crippen MR) is 129 cm³/mol. The van der Waals surface area contributed by atoms with Crippen LogP contribution in [0.3, 0.4) is 0 Å². The lowest BCUT2D eigenvalue weighted by atomic mass is 9.78. The number of Topliss-reactive ketones (excluding diaryl/α,β-unsaturated/α-hetero) is 1. The third-order valence-electron chi connectivity index (χ3n) is 6.57. The minimum atomic E-state index is -0.948. The number of halogens is 2. The first kappa shape index (κ1) is 22.7. The topological polar surface area (TPSA) is 95.1 Å². The van der Waals surface area contributed by atoms with Crippen molar-refractivity contribution in [2.24, 2.45) is 11.8 Å². The molecule has 1 fully saturated rings. The van der Waals surface area contributed by atoms with Gasteiger partial charge in [0.2, 0.25) is 5.95 Å². The fraction of sp³-hybridized carbons (Fsp3) is 0.222. The standard InChI is InChI=1S/C27H23F2N3O3/c28-21-13-23-24(14-22(21)29)32-27(31-23)30-20-10-8-16(9-11-20)15-4-6-17(7-5-15)25(33)18-2-1-3-19(12-18)26(34)35/h4-11,13-14,18-19H,1-3,12H2,(H,34,35)(H2,30,31,32). The number of imidazole rings is 1. The lowest BCUT2D eigenvalue weighted by Gasteiger charge is -2.25. The smallest absolute Gasteiger partial charge is 0.306 e. The van der Waals surface area contributed by atoms with E-state index in [1.165, 1.54) is 0 Å². The summed E-state index contributed by atoms with van der Waals surface area (Å²) in [6.07, 6.45) is 2.53. The summed E-state index contributed by atoms with van der Waals surface area (Å²) in [4.78, 5) is 31.3. The maximum atomic E-state index is 13.4. The second-order valence-corrected chi connectivity index (χ2v) is 8.91. The van der Waals surface area contributed by atoms with Crippen molar-refractivity contribution in [1.29, 1.82) is 0 Å². The number of benzene rings is 3. The van der Waals surface area contributed by atoms with Crippen molar-refractivity contribution >= 4 is 34.4 Å². The molecular formula is C27H23F2N3O3. The first-order valence-electron chi connectivity index (χ1n) is 11.5. The van der Waals surface area contributed by atoms with Gasteiger partial charge in [0, 0.05) is 29.3 Å². The predicted octanol–water partition coefficient (Wildman–Crippen LogP) is 6.33. The minimum Gasteiger partial charge on any atom is -0.481 e. The number of fused-ring (bicyclic) bond motifs is 1. The Morgan fingerprint density at radius 3 is 2.23 bits per heavy atom. The molecule has 3 aromatic carbocycles. The third-order valence-corrected chi connectivity index (χ3v) is 6.57. The van der Waals surface area contributed by atoms with Crippen LogP contribution in [0.2, 0.25) is 0 Å². The second-order valence-electron chi connectivity index (χ2n) is 8.91. The molecule has 178 valence electrons. The average Bonchev–Trinajstić information content (AvgIpc) is 3.25. The number of rotatable bonds is 6. The summed E-state index contributed by atoms with van der Waals surface area (Å²) < 4.78 is 26.8. The van der Waals surface area contributed by atoms with Crippen LogP contribution in [0.5, 0.6) is 0 Å². The number of aromatic nitrogens is 2.